The molecule has 0 saturated carbocycles. The third-order valence-corrected chi connectivity index (χ3v) is 9.18. The number of para-hydroxylation sites is 1. The number of hydrogen-bond acceptors (Lipinski definition) is 9. The quantitative estimate of drug-likeness (QED) is 0.139. The fraction of sp³-hybridized carbons (Fsp3) is 0.237. The van der Waals surface area contributed by atoms with Gasteiger partial charge in [0.05, 0.1) is 38.3 Å². The van der Waals surface area contributed by atoms with Crippen LogP contribution in [0.25, 0.3) is 0 Å². The number of hydrogen-bond donors (Lipinski definition) is 1. The highest BCUT2D eigenvalue weighted by Crippen LogP contribution is 2.35. The number of amides is 2. The second-order valence-electron chi connectivity index (χ2n) is 11.5. The maximum absolute atomic E-state index is 13.9. The van der Waals surface area contributed by atoms with Crippen molar-refractivity contribution in [1.82, 2.24) is 25.1 Å². The fourth-order valence-electron chi connectivity index (χ4n) is 5.54. The van der Waals surface area contributed by atoms with Crippen LogP contribution >= 0.6 is 11.8 Å². The molecule has 12 heteroatoms. The van der Waals surface area contributed by atoms with Crippen LogP contribution in [0, 0.1) is 0 Å². The van der Waals surface area contributed by atoms with Gasteiger partial charge in [0, 0.05) is 13.0 Å². The summed E-state index contributed by atoms with van der Waals surface area (Å²) in [7, 11) is 3.25. The van der Waals surface area contributed by atoms with Crippen molar-refractivity contribution >= 4 is 29.3 Å². The van der Waals surface area contributed by atoms with E-state index >= 15 is 0 Å². The Bertz CT molecular complexity index is 1900. The molecular weight excluding hydrogens is 653 g/mol. The van der Waals surface area contributed by atoms with Gasteiger partial charge in [-0.1, -0.05) is 72.4 Å². The molecule has 2 amide bonds. The number of aromatic nitrogens is 3. The van der Waals surface area contributed by atoms with E-state index in [1.807, 2.05) is 89.5 Å². The molecule has 0 fully saturated rings. The predicted molar refractivity (Wildman–Crippen MR) is 191 cm³/mol. The van der Waals surface area contributed by atoms with E-state index in [0.29, 0.717) is 29.7 Å². The summed E-state index contributed by atoms with van der Waals surface area (Å²) in [5.41, 5.74) is 3.84. The number of aryl methyl sites for hydroxylation is 1. The molecule has 256 valence electrons. The Morgan fingerprint density at radius 3 is 2.16 bits per heavy atom. The van der Waals surface area contributed by atoms with Crippen molar-refractivity contribution in [3.8, 4) is 17.2 Å². The molecule has 2 heterocycles. The van der Waals surface area contributed by atoms with Crippen molar-refractivity contribution in [3.05, 3.63) is 132 Å². The second-order valence-corrected chi connectivity index (χ2v) is 12.4. The van der Waals surface area contributed by atoms with Crippen LogP contribution in [-0.4, -0.2) is 63.9 Å². The Morgan fingerprint density at radius 1 is 0.820 bits per heavy atom. The van der Waals surface area contributed by atoms with Crippen LogP contribution in [0.1, 0.15) is 35.0 Å². The number of ether oxygens (including phenoxy) is 3. The van der Waals surface area contributed by atoms with Gasteiger partial charge in [0.1, 0.15) is 17.2 Å². The minimum absolute atomic E-state index is 0.0901. The first kappa shape index (κ1) is 34.3. The summed E-state index contributed by atoms with van der Waals surface area (Å²) in [6.45, 7) is 0.605. The second kappa shape index (κ2) is 16.7. The minimum Gasteiger partial charge on any atom is -0.497 e. The molecule has 1 aromatic heterocycles. The van der Waals surface area contributed by atoms with Crippen molar-refractivity contribution in [2.24, 2.45) is 5.10 Å². The van der Waals surface area contributed by atoms with Gasteiger partial charge in [0.15, 0.2) is 17.6 Å². The van der Waals surface area contributed by atoms with Crippen LogP contribution in [0.3, 0.4) is 0 Å². The van der Waals surface area contributed by atoms with Crippen molar-refractivity contribution in [1.29, 1.82) is 0 Å². The highest BCUT2D eigenvalue weighted by atomic mass is 32.2. The van der Waals surface area contributed by atoms with E-state index in [-0.39, 0.29) is 36.8 Å². The lowest BCUT2D eigenvalue weighted by Gasteiger charge is -2.22. The molecule has 5 aromatic rings. The van der Waals surface area contributed by atoms with Crippen LogP contribution in [0.15, 0.2) is 119 Å². The number of carbonyl (C=O) groups excluding carboxylic acids is 2. The first-order valence-corrected chi connectivity index (χ1v) is 17.2. The van der Waals surface area contributed by atoms with Gasteiger partial charge < -0.3 is 24.1 Å². The molecule has 1 atom stereocenters. The third kappa shape index (κ3) is 8.69. The number of thioether (sulfide) groups is 1. The van der Waals surface area contributed by atoms with Crippen LogP contribution < -0.4 is 19.5 Å². The largest absolute Gasteiger partial charge is 0.497 e. The maximum atomic E-state index is 13.9. The Hall–Kier alpha value is -5.62. The van der Waals surface area contributed by atoms with E-state index in [4.69, 9.17) is 19.3 Å². The minimum atomic E-state index is -0.286. The number of nitrogens with one attached hydrogen (secondary N) is 1. The van der Waals surface area contributed by atoms with Gasteiger partial charge in [-0.05, 0) is 71.6 Å². The van der Waals surface area contributed by atoms with E-state index in [1.165, 1.54) is 11.8 Å². The summed E-state index contributed by atoms with van der Waals surface area (Å²) in [6.07, 6.45) is 1.28. The number of rotatable bonds is 15. The zero-order valence-corrected chi connectivity index (χ0v) is 28.7. The zero-order valence-electron chi connectivity index (χ0n) is 27.9. The fourth-order valence-corrected chi connectivity index (χ4v) is 6.37. The predicted octanol–water partition coefficient (Wildman–Crippen LogP) is 5.70. The average molecular weight is 691 g/mol. The summed E-state index contributed by atoms with van der Waals surface area (Å²) in [6, 6.07) is 34.4. The molecule has 1 N–H and O–H groups in total. The van der Waals surface area contributed by atoms with Crippen LogP contribution in [0.4, 0.5) is 0 Å². The van der Waals surface area contributed by atoms with Gasteiger partial charge in [-0.2, -0.15) is 5.10 Å². The first-order valence-electron chi connectivity index (χ1n) is 16.2. The molecule has 4 aromatic carbocycles. The summed E-state index contributed by atoms with van der Waals surface area (Å²) >= 11 is 1.30. The lowest BCUT2D eigenvalue weighted by molar-refractivity contribution is -0.130. The Labute approximate surface area is 295 Å². The van der Waals surface area contributed by atoms with Gasteiger partial charge in [-0.15, -0.1) is 10.2 Å². The van der Waals surface area contributed by atoms with E-state index in [0.717, 1.165) is 40.3 Å². The van der Waals surface area contributed by atoms with Crippen LogP contribution in [0.2, 0.25) is 0 Å². The molecule has 11 nitrogen and oxygen atoms in total. The molecule has 0 spiro atoms. The average Bonchev–Trinajstić information content (AvgIpc) is 3.80. The normalized spacial score (nSPS) is 13.8. The van der Waals surface area contributed by atoms with E-state index in [2.05, 4.69) is 27.6 Å². The summed E-state index contributed by atoms with van der Waals surface area (Å²) in [5, 5.41) is 18.7. The molecule has 0 saturated heterocycles. The van der Waals surface area contributed by atoms with Gasteiger partial charge in [-0.25, -0.2) is 5.01 Å². The highest BCUT2D eigenvalue weighted by molar-refractivity contribution is 7.99. The highest BCUT2D eigenvalue weighted by Gasteiger charge is 2.33. The molecular formula is C38H38N6O5S. The maximum Gasteiger partial charge on any atom is 0.258 e. The molecule has 0 aliphatic carbocycles. The third-order valence-electron chi connectivity index (χ3n) is 8.23. The monoisotopic (exact) mass is 690 g/mol. The molecule has 1 unspecified atom stereocenters. The van der Waals surface area contributed by atoms with Crippen LogP contribution in [-0.2, 0) is 29.1 Å². The topological polar surface area (TPSA) is 120 Å². The number of hydrazone groups is 1. The van der Waals surface area contributed by atoms with Gasteiger partial charge in [0.25, 0.3) is 11.8 Å². The SMILES string of the molecule is COc1ccc(C2=NN(C(=O)CSc3nnc(CNC(=O)COc4ccccc4)n3CCc3ccccc3)C(c3ccc(OC)cc3)C2)cc1. The molecule has 0 bridgehead atoms. The lowest BCUT2D eigenvalue weighted by Crippen LogP contribution is -2.30. The summed E-state index contributed by atoms with van der Waals surface area (Å²) < 4.78 is 18.2. The first-order chi connectivity index (χ1) is 24.5. The Morgan fingerprint density at radius 2 is 1.48 bits per heavy atom. The molecule has 1 aliphatic rings. The van der Waals surface area contributed by atoms with Crippen LogP contribution in [0.5, 0.6) is 17.2 Å². The number of nitrogens with zero attached hydrogens (tertiary/aromatic N) is 5. The molecule has 1 aliphatic heterocycles. The van der Waals surface area contributed by atoms with Crippen molar-refractivity contribution in [2.75, 3.05) is 26.6 Å². The van der Waals surface area contributed by atoms with Crippen molar-refractivity contribution in [2.45, 2.75) is 37.1 Å². The van der Waals surface area contributed by atoms with E-state index in [1.54, 1.807) is 31.4 Å². The smallest absolute Gasteiger partial charge is 0.258 e. The lowest BCUT2D eigenvalue weighted by atomic mass is 9.98. The number of benzene rings is 4. The van der Waals surface area contributed by atoms with Crippen molar-refractivity contribution in [3.63, 3.8) is 0 Å². The summed E-state index contributed by atoms with van der Waals surface area (Å²) in [5.74, 6) is 2.34. The standard InChI is InChI=1S/C38H38N6O5S/c1-47-30-17-13-28(14-18-30)33-23-34(29-15-19-31(48-2)20-16-29)44(42-33)37(46)26-50-38-41-40-35(43(38)22-21-27-9-5-3-6-10-27)24-39-36(45)25-49-32-11-7-4-8-12-32/h3-20,34H,21-26H2,1-2H3,(H,39,45). The number of methoxy groups -OCH3 is 2. The van der Waals surface area contributed by atoms with E-state index < -0.39 is 0 Å². The molecule has 6 rings (SSSR count). The van der Waals surface area contributed by atoms with Gasteiger partial charge in [-0.3, -0.25) is 9.59 Å². The Balaban J connectivity index is 1.17. The Kier molecular flexibility index (Phi) is 11.4. The van der Waals surface area contributed by atoms with E-state index in [9.17, 15) is 9.59 Å². The van der Waals surface area contributed by atoms with Gasteiger partial charge in [0.2, 0.25) is 0 Å². The molecule has 0 radical (unpaired) electrons. The zero-order chi connectivity index (χ0) is 34.7. The molecule has 50 heavy (non-hydrogen) atoms. The number of carbonyl (C=O) groups is 2. The van der Waals surface area contributed by atoms with Crippen molar-refractivity contribution < 1.29 is 23.8 Å². The van der Waals surface area contributed by atoms with Gasteiger partial charge >= 0.3 is 0 Å². The summed E-state index contributed by atoms with van der Waals surface area (Å²) in [4.78, 5) is 26.5.